The van der Waals surface area contributed by atoms with Gasteiger partial charge < -0.3 is 20.5 Å². The molecule has 3 N–H and O–H groups in total. The number of aliphatic hydroxyl groups is 1. The zero-order valence-corrected chi connectivity index (χ0v) is 12.7. The maximum Gasteiger partial charge on any atom is 0.166 e. The van der Waals surface area contributed by atoms with Crippen LogP contribution in [0.15, 0.2) is 16.8 Å². The quantitative estimate of drug-likeness (QED) is 0.669. The Morgan fingerprint density at radius 1 is 1.33 bits per heavy atom. The van der Waals surface area contributed by atoms with E-state index in [1.165, 1.54) is 0 Å². The summed E-state index contributed by atoms with van der Waals surface area (Å²) in [6.45, 7) is 3.64. The molecule has 8 heteroatoms. The van der Waals surface area contributed by atoms with E-state index in [4.69, 9.17) is 21.6 Å². The van der Waals surface area contributed by atoms with Gasteiger partial charge in [-0.25, -0.2) is 4.63 Å². The van der Waals surface area contributed by atoms with Crippen molar-refractivity contribution in [3.05, 3.63) is 17.7 Å². The Morgan fingerprint density at radius 3 is 2.67 bits per heavy atom. The number of nitrogens with zero attached hydrogens (tertiary/aromatic N) is 2. The van der Waals surface area contributed by atoms with Gasteiger partial charge >= 0.3 is 0 Å². The lowest BCUT2D eigenvalue weighted by atomic mass is 9.86. The van der Waals surface area contributed by atoms with E-state index in [0.29, 0.717) is 21.9 Å². The van der Waals surface area contributed by atoms with E-state index >= 15 is 0 Å². The summed E-state index contributed by atoms with van der Waals surface area (Å²) in [5, 5.41) is 24.6. The van der Waals surface area contributed by atoms with E-state index in [1.54, 1.807) is 19.2 Å². The fraction of sp³-hybridized carbons (Fsp3) is 0.462. The van der Waals surface area contributed by atoms with E-state index in [-0.39, 0.29) is 0 Å². The molecular formula is C13H16N4O3S. The Labute approximate surface area is 126 Å². The molecule has 2 heterocycles. The predicted octanol–water partition coefficient (Wildman–Crippen LogP) is 0.890. The third-order valence-electron chi connectivity index (χ3n) is 3.64. The third-order valence-corrected chi connectivity index (χ3v) is 3.96. The second-order valence-electron chi connectivity index (χ2n) is 5.49. The van der Waals surface area contributed by atoms with Gasteiger partial charge in [-0.15, -0.1) is 0 Å². The highest BCUT2D eigenvalue weighted by atomic mass is 32.1. The number of aromatic nitrogens is 2. The Bertz CT molecular complexity index is 700. The summed E-state index contributed by atoms with van der Waals surface area (Å²) >= 11 is 5.15. The highest BCUT2D eigenvalue weighted by Crippen LogP contribution is 2.41. The van der Waals surface area contributed by atoms with Crippen molar-refractivity contribution in [2.24, 2.45) is 0 Å². The van der Waals surface area contributed by atoms with Gasteiger partial charge in [-0.05, 0) is 42.4 Å². The minimum atomic E-state index is -0.784. The molecule has 0 spiro atoms. The van der Waals surface area contributed by atoms with Crippen molar-refractivity contribution in [1.82, 2.24) is 20.9 Å². The van der Waals surface area contributed by atoms with E-state index < -0.39 is 17.7 Å². The summed E-state index contributed by atoms with van der Waals surface area (Å²) in [7, 11) is 1.72. The molecule has 7 nitrogen and oxygen atoms in total. The first-order valence-electron chi connectivity index (χ1n) is 6.54. The molecule has 0 amide bonds. The normalized spacial score (nSPS) is 23.2. The molecule has 0 radical (unpaired) electrons. The van der Waals surface area contributed by atoms with Crippen LogP contribution in [0.1, 0.15) is 25.5 Å². The van der Waals surface area contributed by atoms with Crippen LogP contribution < -0.4 is 15.4 Å². The number of hydrogen-bond acceptors (Lipinski definition) is 6. The molecule has 21 heavy (non-hydrogen) atoms. The highest BCUT2D eigenvalue weighted by Gasteiger charge is 2.43. The van der Waals surface area contributed by atoms with Crippen molar-refractivity contribution in [1.29, 1.82) is 0 Å². The first kappa shape index (κ1) is 14.0. The molecule has 112 valence electrons. The number of fused-ring (bicyclic) bond motifs is 2. The molecule has 1 aromatic carbocycles. The topological polar surface area (TPSA) is 92.4 Å². The number of thiocarbonyl (C=S) groups is 1. The highest BCUT2D eigenvalue weighted by molar-refractivity contribution is 7.80. The minimum Gasteiger partial charge on any atom is -0.485 e. The van der Waals surface area contributed by atoms with Gasteiger partial charge in [-0.3, -0.25) is 0 Å². The SMILES string of the molecule is CNC(=S)NC1c2cc3nonc3cc2OC(C)(C)C1O. The van der Waals surface area contributed by atoms with Gasteiger partial charge in [0.05, 0.1) is 6.04 Å². The van der Waals surface area contributed by atoms with Crippen LogP contribution in [-0.4, -0.2) is 39.3 Å². The summed E-state index contributed by atoms with van der Waals surface area (Å²) < 4.78 is 10.6. The zero-order valence-electron chi connectivity index (χ0n) is 11.9. The second-order valence-corrected chi connectivity index (χ2v) is 5.90. The standard InChI is InChI=1S/C13H16N4O3S/c1-13(2)11(18)10(15-12(21)14-3)6-4-7-8(17-20-16-7)5-9(6)19-13/h4-5,10-11,18H,1-3H3,(H2,14,15,21). The average molecular weight is 308 g/mol. The number of aliphatic hydroxyl groups excluding tert-OH is 1. The Balaban J connectivity index is 2.12. The largest absolute Gasteiger partial charge is 0.485 e. The molecule has 0 saturated heterocycles. The first-order valence-corrected chi connectivity index (χ1v) is 6.95. The summed E-state index contributed by atoms with van der Waals surface area (Å²) in [6.07, 6.45) is -0.784. The molecule has 0 bridgehead atoms. The molecule has 2 atom stereocenters. The van der Waals surface area contributed by atoms with Crippen LogP contribution in [0.2, 0.25) is 0 Å². The van der Waals surface area contributed by atoms with E-state index in [1.807, 2.05) is 13.8 Å². The van der Waals surface area contributed by atoms with Crippen LogP contribution >= 0.6 is 12.2 Å². The van der Waals surface area contributed by atoms with E-state index in [9.17, 15) is 5.11 Å². The monoisotopic (exact) mass is 308 g/mol. The lowest BCUT2D eigenvalue weighted by Gasteiger charge is -2.42. The molecule has 2 unspecified atom stereocenters. The lowest BCUT2D eigenvalue weighted by molar-refractivity contribution is -0.0609. The smallest absolute Gasteiger partial charge is 0.166 e. The average Bonchev–Trinajstić information content (AvgIpc) is 2.88. The molecule has 2 aromatic rings. The molecule has 3 rings (SSSR count). The fourth-order valence-corrected chi connectivity index (χ4v) is 2.57. The summed E-state index contributed by atoms with van der Waals surface area (Å²) in [6, 6.07) is 3.13. The fourth-order valence-electron chi connectivity index (χ4n) is 2.45. The molecule has 1 aliphatic rings. The van der Waals surface area contributed by atoms with Gasteiger partial charge in [0.15, 0.2) is 5.11 Å². The second kappa shape index (κ2) is 4.81. The van der Waals surface area contributed by atoms with Gasteiger partial charge in [0.25, 0.3) is 0 Å². The maximum atomic E-state index is 10.6. The molecule has 0 saturated carbocycles. The van der Waals surface area contributed by atoms with Crippen LogP contribution in [0.5, 0.6) is 5.75 Å². The van der Waals surface area contributed by atoms with Crippen molar-refractivity contribution in [3.63, 3.8) is 0 Å². The van der Waals surface area contributed by atoms with Crippen LogP contribution in [0.3, 0.4) is 0 Å². The molecule has 0 aliphatic carbocycles. The van der Waals surface area contributed by atoms with Crippen LogP contribution in [0, 0.1) is 0 Å². The maximum absolute atomic E-state index is 10.6. The lowest BCUT2D eigenvalue weighted by Crippen LogP contribution is -2.54. The van der Waals surface area contributed by atoms with Gasteiger partial charge in [-0.2, -0.15) is 0 Å². The summed E-state index contributed by atoms with van der Waals surface area (Å²) in [5.74, 6) is 0.630. The Morgan fingerprint density at radius 2 is 2.00 bits per heavy atom. The molecule has 0 fully saturated rings. The minimum absolute atomic E-state index is 0.412. The van der Waals surface area contributed by atoms with Crippen molar-refractivity contribution in [2.45, 2.75) is 31.6 Å². The van der Waals surface area contributed by atoms with Crippen molar-refractivity contribution in [3.8, 4) is 5.75 Å². The van der Waals surface area contributed by atoms with Gasteiger partial charge in [-0.1, -0.05) is 0 Å². The third kappa shape index (κ3) is 2.30. The number of rotatable bonds is 1. The van der Waals surface area contributed by atoms with E-state index in [2.05, 4.69) is 20.9 Å². The van der Waals surface area contributed by atoms with Crippen molar-refractivity contribution in [2.75, 3.05) is 7.05 Å². The number of benzene rings is 1. The van der Waals surface area contributed by atoms with Gasteiger partial charge in [0.1, 0.15) is 28.5 Å². The van der Waals surface area contributed by atoms with Crippen LogP contribution in [0.25, 0.3) is 11.0 Å². The first-order chi connectivity index (χ1) is 9.92. The Hall–Kier alpha value is -1.93. The number of nitrogens with one attached hydrogen (secondary N) is 2. The van der Waals surface area contributed by atoms with Crippen LogP contribution in [0.4, 0.5) is 0 Å². The van der Waals surface area contributed by atoms with Crippen molar-refractivity contribution < 1.29 is 14.5 Å². The van der Waals surface area contributed by atoms with Gasteiger partial charge in [0, 0.05) is 18.7 Å². The van der Waals surface area contributed by atoms with E-state index in [0.717, 1.165) is 5.56 Å². The summed E-state index contributed by atoms with van der Waals surface area (Å²) in [5.41, 5.74) is 1.21. The van der Waals surface area contributed by atoms with Crippen LogP contribution in [-0.2, 0) is 0 Å². The number of ether oxygens (including phenoxy) is 1. The zero-order chi connectivity index (χ0) is 15.2. The number of hydrogen-bond donors (Lipinski definition) is 3. The molecule has 1 aromatic heterocycles. The Kier molecular flexibility index (Phi) is 3.22. The molecular weight excluding hydrogens is 292 g/mol. The van der Waals surface area contributed by atoms with Gasteiger partial charge in [0.2, 0.25) is 0 Å². The summed E-state index contributed by atoms with van der Waals surface area (Å²) in [4.78, 5) is 0. The van der Waals surface area contributed by atoms with Crippen molar-refractivity contribution >= 4 is 28.4 Å². The predicted molar refractivity (Wildman–Crippen MR) is 80.1 cm³/mol. The molecule has 1 aliphatic heterocycles.